The van der Waals surface area contributed by atoms with Crippen molar-refractivity contribution < 1.29 is 19.1 Å². The lowest BCUT2D eigenvalue weighted by atomic mass is 10.0. The number of carbonyl (C=O) groups excluding carboxylic acids is 2. The third-order valence-corrected chi connectivity index (χ3v) is 5.10. The second-order valence-electron chi connectivity index (χ2n) is 8.00. The van der Waals surface area contributed by atoms with Crippen LogP contribution in [0, 0.1) is 5.92 Å². The molecule has 2 amide bonds. The zero-order valence-corrected chi connectivity index (χ0v) is 19.5. The van der Waals surface area contributed by atoms with E-state index in [1.54, 1.807) is 37.6 Å². The van der Waals surface area contributed by atoms with Gasteiger partial charge < -0.3 is 14.8 Å². The number of hydrogen-bond acceptors (Lipinski definition) is 5. The Kier molecular flexibility index (Phi) is 8.80. The summed E-state index contributed by atoms with van der Waals surface area (Å²) in [6, 6.07) is 23.3. The SMILES string of the molecule is COc1ccc(C(=O)NC(C(=O)NN=Cc2ccc(OCc3ccccc3)cc2)C(C)C)cc1. The molecule has 0 aliphatic carbocycles. The Morgan fingerprint density at radius 2 is 1.56 bits per heavy atom. The lowest BCUT2D eigenvalue weighted by Gasteiger charge is -2.20. The summed E-state index contributed by atoms with van der Waals surface area (Å²) in [6.07, 6.45) is 1.54. The van der Waals surface area contributed by atoms with E-state index in [0.717, 1.165) is 16.9 Å². The standard InChI is InChI=1S/C27H29N3O4/c1-19(2)25(29-26(31)22-11-15-23(33-3)16-12-22)27(32)30-28-17-20-9-13-24(14-10-20)34-18-21-7-5-4-6-8-21/h4-17,19,25H,18H2,1-3H3,(H,29,31)(H,30,32). The molecule has 7 nitrogen and oxygen atoms in total. The molecule has 0 heterocycles. The maximum absolute atomic E-state index is 12.6. The van der Waals surface area contributed by atoms with E-state index in [1.165, 1.54) is 0 Å². The number of methoxy groups -OCH3 is 1. The van der Waals surface area contributed by atoms with Crippen LogP contribution in [0.25, 0.3) is 0 Å². The summed E-state index contributed by atoms with van der Waals surface area (Å²) < 4.78 is 10.9. The molecule has 3 aromatic carbocycles. The largest absolute Gasteiger partial charge is 0.497 e. The minimum Gasteiger partial charge on any atom is -0.497 e. The Labute approximate surface area is 199 Å². The Morgan fingerprint density at radius 1 is 0.912 bits per heavy atom. The minimum atomic E-state index is -0.736. The predicted octanol–water partition coefficient (Wildman–Crippen LogP) is 4.18. The summed E-state index contributed by atoms with van der Waals surface area (Å²) in [5.74, 6) is 0.534. The molecule has 0 fully saturated rings. The van der Waals surface area contributed by atoms with Crippen LogP contribution in [0.3, 0.4) is 0 Å². The lowest BCUT2D eigenvalue weighted by Crippen LogP contribution is -2.48. The molecule has 3 aromatic rings. The van der Waals surface area contributed by atoms with Gasteiger partial charge in [-0.2, -0.15) is 5.10 Å². The van der Waals surface area contributed by atoms with Crippen LogP contribution in [0.2, 0.25) is 0 Å². The minimum absolute atomic E-state index is 0.126. The van der Waals surface area contributed by atoms with Crippen LogP contribution in [0.5, 0.6) is 11.5 Å². The number of nitrogens with zero attached hydrogens (tertiary/aromatic N) is 1. The van der Waals surface area contributed by atoms with Crippen molar-refractivity contribution in [2.45, 2.75) is 26.5 Å². The first-order valence-electron chi connectivity index (χ1n) is 11.0. The van der Waals surface area contributed by atoms with Crippen molar-refractivity contribution >= 4 is 18.0 Å². The number of hydrogen-bond donors (Lipinski definition) is 2. The van der Waals surface area contributed by atoms with E-state index in [2.05, 4.69) is 15.8 Å². The van der Waals surface area contributed by atoms with Crippen LogP contribution in [0.15, 0.2) is 84.0 Å². The zero-order valence-electron chi connectivity index (χ0n) is 19.5. The number of nitrogens with one attached hydrogen (secondary N) is 2. The van der Waals surface area contributed by atoms with Gasteiger partial charge in [0.25, 0.3) is 11.8 Å². The van der Waals surface area contributed by atoms with Crippen LogP contribution in [-0.4, -0.2) is 31.2 Å². The van der Waals surface area contributed by atoms with Gasteiger partial charge in [0.1, 0.15) is 24.1 Å². The summed E-state index contributed by atoms with van der Waals surface area (Å²) >= 11 is 0. The molecule has 0 spiro atoms. The van der Waals surface area contributed by atoms with Crippen LogP contribution in [0.4, 0.5) is 0 Å². The maximum Gasteiger partial charge on any atom is 0.262 e. The topological polar surface area (TPSA) is 89.0 Å². The van der Waals surface area contributed by atoms with Gasteiger partial charge >= 0.3 is 0 Å². The summed E-state index contributed by atoms with van der Waals surface area (Å²) in [5.41, 5.74) is 4.85. The molecule has 7 heteroatoms. The molecule has 0 aromatic heterocycles. The molecule has 0 bridgehead atoms. The summed E-state index contributed by atoms with van der Waals surface area (Å²) in [7, 11) is 1.56. The third-order valence-electron chi connectivity index (χ3n) is 5.10. The molecule has 1 unspecified atom stereocenters. The van der Waals surface area contributed by atoms with E-state index >= 15 is 0 Å². The van der Waals surface area contributed by atoms with Gasteiger partial charge in [0.2, 0.25) is 0 Å². The summed E-state index contributed by atoms with van der Waals surface area (Å²) in [6.45, 7) is 4.20. The van der Waals surface area contributed by atoms with Crippen LogP contribution < -0.4 is 20.2 Å². The summed E-state index contributed by atoms with van der Waals surface area (Å²) in [4.78, 5) is 25.2. The van der Waals surface area contributed by atoms with Crippen LogP contribution in [-0.2, 0) is 11.4 Å². The monoisotopic (exact) mass is 459 g/mol. The zero-order chi connectivity index (χ0) is 24.3. The fraction of sp³-hybridized carbons (Fsp3) is 0.222. The third kappa shape index (κ3) is 7.20. The molecule has 176 valence electrons. The Morgan fingerprint density at radius 3 is 2.18 bits per heavy atom. The number of amides is 2. The first kappa shape index (κ1) is 24.5. The smallest absolute Gasteiger partial charge is 0.262 e. The van der Waals surface area contributed by atoms with Gasteiger partial charge in [0.05, 0.1) is 13.3 Å². The Hall–Kier alpha value is -4.13. The molecule has 1 atom stereocenters. The fourth-order valence-electron chi connectivity index (χ4n) is 3.13. The highest BCUT2D eigenvalue weighted by Crippen LogP contribution is 2.14. The van der Waals surface area contributed by atoms with Crippen molar-refractivity contribution in [2.24, 2.45) is 11.0 Å². The average molecular weight is 460 g/mol. The van der Waals surface area contributed by atoms with E-state index in [-0.39, 0.29) is 11.8 Å². The van der Waals surface area contributed by atoms with Crippen molar-refractivity contribution in [1.29, 1.82) is 0 Å². The van der Waals surface area contributed by atoms with Crippen LogP contribution >= 0.6 is 0 Å². The Bertz CT molecular complexity index is 1090. The molecular weight excluding hydrogens is 430 g/mol. The molecule has 0 radical (unpaired) electrons. The molecule has 0 aliphatic heterocycles. The highest BCUT2D eigenvalue weighted by Gasteiger charge is 2.24. The first-order chi connectivity index (χ1) is 16.5. The molecule has 0 aliphatic rings. The number of hydrazone groups is 1. The van der Waals surface area contributed by atoms with E-state index in [0.29, 0.717) is 17.9 Å². The van der Waals surface area contributed by atoms with Crippen molar-refractivity contribution in [1.82, 2.24) is 10.7 Å². The second-order valence-corrected chi connectivity index (χ2v) is 8.00. The van der Waals surface area contributed by atoms with Crippen molar-refractivity contribution in [3.8, 4) is 11.5 Å². The van der Waals surface area contributed by atoms with Gasteiger partial charge in [-0.15, -0.1) is 0 Å². The predicted molar refractivity (Wildman–Crippen MR) is 132 cm³/mol. The van der Waals surface area contributed by atoms with Crippen molar-refractivity contribution in [3.05, 3.63) is 95.6 Å². The number of rotatable bonds is 10. The van der Waals surface area contributed by atoms with Crippen molar-refractivity contribution in [3.63, 3.8) is 0 Å². The van der Waals surface area contributed by atoms with Gasteiger partial charge in [-0.25, -0.2) is 5.43 Å². The summed E-state index contributed by atoms with van der Waals surface area (Å²) in [5, 5.41) is 6.81. The molecular formula is C27H29N3O4. The highest BCUT2D eigenvalue weighted by atomic mass is 16.5. The van der Waals surface area contributed by atoms with E-state index in [4.69, 9.17) is 9.47 Å². The van der Waals surface area contributed by atoms with Crippen LogP contribution in [0.1, 0.15) is 35.3 Å². The average Bonchev–Trinajstić information content (AvgIpc) is 2.87. The van der Waals surface area contributed by atoms with Gasteiger partial charge in [0.15, 0.2) is 0 Å². The quantitative estimate of drug-likeness (QED) is 0.352. The normalized spacial score (nSPS) is 11.8. The molecule has 2 N–H and O–H groups in total. The number of benzene rings is 3. The van der Waals surface area contributed by atoms with E-state index < -0.39 is 11.9 Å². The van der Waals surface area contributed by atoms with Crippen molar-refractivity contribution in [2.75, 3.05) is 7.11 Å². The number of carbonyl (C=O) groups is 2. The highest BCUT2D eigenvalue weighted by molar-refractivity contribution is 5.97. The van der Waals surface area contributed by atoms with Gasteiger partial charge in [-0.1, -0.05) is 44.2 Å². The first-order valence-corrected chi connectivity index (χ1v) is 11.0. The van der Waals surface area contributed by atoms with Gasteiger partial charge in [0, 0.05) is 5.56 Å². The van der Waals surface area contributed by atoms with E-state index in [1.807, 2.05) is 68.4 Å². The van der Waals surface area contributed by atoms with Gasteiger partial charge in [-0.3, -0.25) is 9.59 Å². The molecule has 0 saturated heterocycles. The van der Waals surface area contributed by atoms with Gasteiger partial charge in [-0.05, 0) is 65.6 Å². The molecule has 34 heavy (non-hydrogen) atoms. The molecule has 0 saturated carbocycles. The fourth-order valence-corrected chi connectivity index (χ4v) is 3.13. The lowest BCUT2D eigenvalue weighted by molar-refractivity contribution is -0.123. The maximum atomic E-state index is 12.6. The second kappa shape index (κ2) is 12.2. The Balaban J connectivity index is 1.52. The molecule has 3 rings (SSSR count). The van der Waals surface area contributed by atoms with E-state index in [9.17, 15) is 9.59 Å². The number of ether oxygens (including phenoxy) is 2.